The lowest BCUT2D eigenvalue weighted by Gasteiger charge is -2.16. The number of carbonyl (C=O) groups excluding carboxylic acids is 1. The third-order valence-corrected chi connectivity index (χ3v) is 3.71. The van der Waals surface area contributed by atoms with E-state index >= 15 is 0 Å². The van der Waals surface area contributed by atoms with Gasteiger partial charge in [-0.1, -0.05) is 0 Å². The van der Waals surface area contributed by atoms with E-state index in [1.54, 1.807) is 18.6 Å². The van der Waals surface area contributed by atoms with Crippen LogP contribution in [0, 0.1) is 0 Å². The summed E-state index contributed by atoms with van der Waals surface area (Å²) in [6.07, 6.45) is 5.61. The molecule has 0 aliphatic carbocycles. The van der Waals surface area contributed by atoms with Crippen molar-refractivity contribution >= 4 is 17.2 Å². The minimum Gasteiger partial charge on any atom is -0.471 e. The third kappa shape index (κ3) is 2.73. The van der Waals surface area contributed by atoms with Crippen molar-refractivity contribution in [1.29, 1.82) is 0 Å². The summed E-state index contributed by atoms with van der Waals surface area (Å²) in [6, 6.07) is 1.85. The van der Waals surface area contributed by atoms with E-state index in [2.05, 4.69) is 9.97 Å². The third-order valence-electron chi connectivity index (χ3n) is 3.03. The molecule has 5 nitrogen and oxygen atoms in total. The first-order chi connectivity index (χ1) is 9.33. The van der Waals surface area contributed by atoms with Crippen LogP contribution in [0.1, 0.15) is 16.8 Å². The van der Waals surface area contributed by atoms with Gasteiger partial charge in [0.2, 0.25) is 5.88 Å². The fraction of sp³-hybridized carbons (Fsp3) is 0.308. The van der Waals surface area contributed by atoms with Crippen LogP contribution in [0.4, 0.5) is 0 Å². The van der Waals surface area contributed by atoms with Crippen LogP contribution in [0.3, 0.4) is 0 Å². The Balaban J connectivity index is 1.60. The summed E-state index contributed by atoms with van der Waals surface area (Å²) in [6.45, 7) is 1.32. The molecule has 6 heteroatoms. The van der Waals surface area contributed by atoms with Gasteiger partial charge in [0.05, 0.1) is 18.3 Å². The molecule has 0 unspecified atom stereocenters. The number of likely N-dealkylation sites (tertiary alicyclic amines) is 1. The molecule has 1 aliphatic heterocycles. The molecule has 2 aromatic heterocycles. The zero-order valence-corrected chi connectivity index (χ0v) is 11.0. The Hall–Kier alpha value is -1.95. The van der Waals surface area contributed by atoms with Crippen molar-refractivity contribution in [1.82, 2.24) is 14.9 Å². The van der Waals surface area contributed by atoms with Crippen LogP contribution in [0.5, 0.6) is 5.88 Å². The Kier molecular flexibility index (Phi) is 3.41. The molecule has 0 N–H and O–H groups in total. The molecule has 1 amide bonds. The number of hydrogen-bond donors (Lipinski definition) is 0. The van der Waals surface area contributed by atoms with E-state index in [1.807, 2.05) is 21.7 Å². The largest absolute Gasteiger partial charge is 0.471 e. The number of thiophene rings is 1. The molecule has 2 aromatic rings. The minimum atomic E-state index is -0.000661. The average molecular weight is 275 g/mol. The van der Waals surface area contributed by atoms with Crippen LogP contribution in [0.25, 0.3) is 0 Å². The first-order valence-electron chi connectivity index (χ1n) is 6.07. The van der Waals surface area contributed by atoms with Crippen molar-refractivity contribution < 1.29 is 9.53 Å². The number of carbonyl (C=O) groups is 1. The summed E-state index contributed by atoms with van der Waals surface area (Å²) in [5.41, 5.74) is 0.755. The quantitative estimate of drug-likeness (QED) is 0.857. The smallest absolute Gasteiger partial charge is 0.254 e. The number of nitrogens with zero attached hydrogens (tertiary/aromatic N) is 3. The highest BCUT2D eigenvalue weighted by Gasteiger charge is 2.28. The first-order valence-corrected chi connectivity index (χ1v) is 7.01. The Bertz CT molecular complexity index is 544. The topological polar surface area (TPSA) is 55.3 Å². The van der Waals surface area contributed by atoms with Gasteiger partial charge in [0, 0.05) is 30.7 Å². The minimum absolute atomic E-state index is 0.000661. The SMILES string of the molecule is O=C(c1ccsc1)N1CC[C@H](Oc2cnccn2)C1. The summed E-state index contributed by atoms with van der Waals surface area (Å²) >= 11 is 1.53. The molecule has 1 aliphatic rings. The molecule has 19 heavy (non-hydrogen) atoms. The van der Waals surface area contributed by atoms with Crippen molar-refractivity contribution in [3.8, 4) is 5.88 Å². The lowest BCUT2D eigenvalue weighted by molar-refractivity contribution is 0.0771. The summed E-state index contributed by atoms with van der Waals surface area (Å²) in [7, 11) is 0. The summed E-state index contributed by atoms with van der Waals surface area (Å²) < 4.78 is 5.71. The van der Waals surface area contributed by atoms with Crippen LogP contribution in [-0.4, -0.2) is 40.0 Å². The number of hydrogen-bond acceptors (Lipinski definition) is 5. The molecular formula is C13H13N3O2S. The summed E-state index contributed by atoms with van der Waals surface area (Å²) in [5, 5.41) is 3.79. The Morgan fingerprint density at radius 3 is 3.16 bits per heavy atom. The van der Waals surface area contributed by atoms with Gasteiger partial charge in [-0.2, -0.15) is 11.3 Å². The van der Waals surface area contributed by atoms with Gasteiger partial charge in [-0.15, -0.1) is 0 Å². The van der Waals surface area contributed by atoms with Gasteiger partial charge in [0.1, 0.15) is 6.10 Å². The first kappa shape index (κ1) is 12.1. The van der Waals surface area contributed by atoms with Gasteiger partial charge in [-0.3, -0.25) is 9.78 Å². The second-order valence-corrected chi connectivity index (χ2v) is 5.12. The highest BCUT2D eigenvalue weighted by atomic mass is 32.1. The van der Waals surface area contributed by atoms with E-state index in [1.165, 1.54) is 11.3 Å². The van der Waals surface area contributed by atoms with Gasteiger partial charge in [0.25, 0.3) is 5.91 Å². The van der Waals surface area contributed by atoms with Crippen LogP contribution in [-0.2, 0) is 0 Å². The van der Waals surface area contributed by atoms with Crippen LogP contribution in [0.2, 0.25) is 0 Å². The van der Waals surface area contributed by atoms with E-state index in [0.29, 0.717) is 12.4 Å². The molecule has 3 rings (SSSR count). The van der Waals surface area contributed by atoms with Gasteiger partial charge in [-0.05, 0) is 11.4 Å². The van der Waals surface area contributed by atoms with Crippen molar-refractivity contribution in [3.05, 3.63) is 41.0 Å². The van der Waals surface area contributed by atoms with Gasteiger partial charge < -0.3 is 9.64 Å². The maximum Gasteiger partial charge on any atom is 0.254 e. The Morgan fingerprint density at radius 2 is 2.42 bits per heavy atom. The maximum atomic E-state index is 12.2. The van der Waals surface area contributed by atoms with Crippen LogP contribution >= 0.6 is 11.3 Å². The molecule has 1 atom stereocenters. The highest BCUT2D eigenvalue weighted by molar-refractivity contribution is 7.08. The van der Waals surface area contributed by atoms with Crippen LogP contribution in [0.15, 0.2) is 35.4 Å². The van der Waals surface area contributed by atoms with Crippen molar-refractivity contribution in [2.75, 3.05) is 13.1 Å². The lowest BCUT2D eigenvalue weighted by atomic mass is 10.3. The number of rotatable bonds is 3. The highest BCUT2D eigenvalue weighted by Crippen LogP contribution is 2.18. The fourth-order valence-electron chi connectivity index (χ4n) is 2.09. The average Bonchev–Trinajstić information content (AvgIpc) is 3.10. The van der Waals surface area contributed by atoms with Crippen molar-refractivity contribution in [3.63, 3.8) is 0 Å². The van der Waals surface area contributed by atoms with Crippen molar-refractivity contribution in [2.24, 2.45) is 0 Å². The van der Waals surface area contributed by atoms with Gasteiger partial charge >= 0.3 is 0 Å². The standard InChI is InChI=1S/C13H13N3O2S/c17-13(10-2-6-19-9-10)16-5-1-11(8-16)18-12-7-14-3-4-15-12/h2-4,6-7,9,11H,1,5,8H2/t11-/m0/s1. The second kappa shape index (κ2) is 5.36. The molecule has 0 radical (unpaired) electrons. The molecular weight excluding hydrogens is 262 g/mol. The molecule has 0 aromatic carbocycles. The second-order valence-electron chi connectivity index (χ2n) is 4.34. The Morgan fingerprint density at radius 1 is 1.47 bits per heavy atom. The van der Waals surface area contributed by atoms with Crippen LogP contribution < -0.4 is 4.74 Å². The molecule has 1 fully saturated rings. The van der Waals surface area contributed by atoms with Gasteiger partial charge in [0.15, 0.2) is 0 Å². The predicted octanol–water partition coefficient (Wildman–Crippen LogP) is 1.83. The zero-order chi connectivity index (χ0) is 13.1. The molecule has 98 valence electrons. The summed E-state index contributed by atoms with van der Waals surface area (Å²) in [4.78, 5) is 22.0. The molecule has 0 spiro atoms. The summed E-state index contributed by atoms with van der Waals surface area (Å²) in [5.74, 6) is 0.587. The Labute approximate surface area is 114 Å². The fourth-order valence-corrected chi connectivity index (χ4v) is 2.72. The number of amides is 1. The normalized spacial score (nSPS) is 18.5. The van der Waals surface area contributed by atoms with E-state index in [4.69, 9.17) is 4.74 Å². The monoisotopic (exact) mass is 275 g/mol. The maximum absolute atomic E-state index is 12.2. The number of aromatic nitrogens is 2. The van der Waals surface area contributed by atoms with E-state index in [0.717, 1.165) is 18.5 Å². The predicted molar refractivity (Wildman–Crippen MR) is 71.3 cm³/mol. The zero-order valence-electron chi connectivity index (χ0n) is 10.2. The molecule has 1 saturated heterocycles. The van der Waals surface area contributed by atoms with E-state index in [9.17, 15) is 4.79 Å². The lowest BCUT2D eigenvalue weighted by Crippen LogP contribution is -2.30. The van der Waals surface area contributed by atoms with Crippen molar-refractivity contribution in [2.45, 2.75) is 12.5 Å². The number of ether oxygens (including phenoxy) is 1. The molecule has 0 saturated carbocycles. The van der Waals surface area contributed by atoms with E-state index in [-0.39, 0.29) is 12.0 Å². The molecule has 3 heterocycles. The molecule has 0 bridgehead atoms. The van der Waals surface area contributed by atoms with E-state index < -0.39 is 0 Å². The van der Waals surface area contributed by atoms with Gasteiger partial charge in [-0.25, -0.2) is 4.98 Å².